The highest BCUT2D eigenvalue weighted by Crippen LogP contribution is 2.65. The van der Waals surface area contributed by atoms with Crippen LogP contribution in [0.25, 0.3) is 0 Å². The van der Waals surface area contributed by atoms with Crippen LogP contribution in [-0.4, -0.2) is 24.6 Å². The number of benzene rings is 1. The van der Waals surface area contributed by atoms with Gasteiger partial charge < -0.3 is 9.31 Å². The van der Waals surface area contributed by atoms with Crippen LogP contribution in [0.2, 0.25) is 0 Å². The predicted molar refractivity (Wildman–Crippen MR) is 86.2 cm³/mol. The number of ketones is 1. The molecule has 3 saturated carbocycles. The van der Waals surface area contributed by atoms with Gasteiger partial charge in [-0.15, -0.1) is 0 Å². The third kappa shape index (κ3) is 1.80. The minimum Gasteiger partial charge on any atom is -0.402 e. The van der Waals surface area contributed by atoms with Gasteiger partial charge >= 0.3 is 7.12 Å². The molecule has 0 spiro atoms. The molecule has 4 aliphatic rings. The summed E-state index contributed by atoms with van der Waals surface area (Å²) in [6, 6.07) is 7.63. The molecule has 1 saturated heterocycles. The van der Waals surface area contributed by atoms with E-state index >= 15 is 0 Å². The molecule has 4 atom stereocenters. The first kappa shape index (κ1) is 14.5. The van der Waals surface area contributed by atoms with Crippen molar-refractivity contribution in [3.63, 3.8) is 0 Å². The van der Waals surface area contributed by atoms with Crippen LogP contribution in [0.3, 0.4) is 0 Å². The van der Waals surface area contributed by atoms with Gasteiger partial charge in [-0.1, -0.05) is 38.1 Å². The molecule has 2 bridgehead atoms. The summed E-state index contributed by atoms with van der Waals surface area (Å²) in [6.07, 6.45) is 2.56. The summed E-state index contributed by atoms with van der Waals surface area (Å²) in [7, 11) is -0.300. The highest BCUT2D eigenvalue weighted by Gasteiger charge is 2.67. The molecule has 4 heteroatoms. The van der Waals surface area contributed by atoms with Gasteiger partial charge in [-0.2, -0.15) is 0 Å². The Morgan fingerprint density at radius 2 is 1.86 bits per heavy atom. The van der Waals surface area contributed by atoms with E-state index in [9.17, 15) is 4.79 Å². The molecule has 22 heavy (non-hydrogen) atoms. The fraction of sp³-hybridized carbons (Fsp3) is 0.611. The minimum atomic E-state index is -0.300. The summed E-state index contributed by atoms with van der Waals surface area (Å²) < 4.78 is 12.7. The molecule has 3 nitrogen and oxygen atoms in total. The van der Waals surface area contributed by atoms with Crippen LogP contribution in [-0.2, 0) is 9.31 Å². The Bertz CT molecular complexity index is 624. The van der Waals surface area contributed by atoms with Crippen molar-refractivity contribution in [1.82, 2.24) is 0 Å². The molecule has 0 amide bonds. The molecule has 4 fully saturated rings. The summed E-state index contributed by atoms with van der Waals surface area (Å²) in [5.41, 5.74) is 1.92. The van der Waals surface area contributed by atoms with Gasteiger partial charge in [-0.3, -0.25) is 4.79 Å². The van der Waals surface area contributed by atoms with E-state index in [2.05, 4.69) is 20.8 Å². The maximum absolute atomic E-state index is 11.4. The molecule has 1 aromatic carbocycles. The highest BCUT2D eigenvalue weighted by molar-refractivity contribution is 6.62. The molecule has 116 valence electrons. The Morgan fingerprint density at radius 3 is 2.45 bits per heavy atom. The van der Waals surface area contributed by atoms with Crippen LogP contribution in [0.4, 0.5) is 0 Å². The molecule has 0 N–H and O–H groups in total. The van der Waals surface area contributed by atoms with Crippen molar-refractivity contribution in [2.45, 2.75) is 52.2 Å². The van der Waals surface area contributed by atoms with Gasteiger partial charge in [0.2, 0.25) is 0 Å². The summed E-state index contributed by atoms with van der Waals surface area (Å²) in [5, 5.41) is 0. The van der Waals surface area contributed by atoms with Crippen LogP contribution >= 0.6 is 0 Å². The Hall–Kier alpha value is -1.13. The second-order valence-electron chi connectivity index (χ2n) is 7.98. The number of Topliss-reactive ketones (excluding diaryl/α,β-unsaturated/α-hetero) is 1. The monoisotopic (exact) mass is 298 g/mol. The van der Waals surface area contributed by atoms with Crippen molar-refractivity contribution < 1.29 is 14.1 Å². The second kappa shape index (κ2) is 4.45. The second-order valence-corrected chi connectivity index (χ2v) is 7.98. The maximum Gasteiger partial charge on any atom is 0.494 e. The molecule has 1 aliphatic heterocycles. The van der Waals surface area contributed by atoms with Gasteiger partial charge in [-0.25, -0.2) is 0 Å². The number of rotatable bonds is 2. The minimum absolute atomic E-state index is 0.0861. The quantitative estimate of drug-likeness (QED) is 0.622. The number of hydrogen-bond acceptors (Lipinski definition) is 3. The molecule has 0 aromatic heterocycles. The van der Waals surface area contributed by atoms with Crippen LogP contribution in [0, 0.1) is 17.3 Å². The van der Waals surface area contributed by atoms with E-state index in [1.165, 1.54) is 6.42 Å². The van der Waals surface area contributed by atoms with Crippen LogP contribution in [0.15, 0.2) is 24.3 Å². The third-order valence-electron chi connectivity index (χ3n) is 6.54. The molecule has 1 aromatic rings. The van der Waals surface area contributed by atoms with Gasteiger partial charge in [0.15, 0.2) is 5.78 Å². The highest BCUT2D eigenvalue weighted by atomic mass is 16.7. The van der Waals surface area contributed by atoms with E-state index in [1.54, 1.807) is 6.92 Å². The van der Waals surface area contributed by atoms with E-state index < -0.39 is 0 Å². The van der Waals surface area contributed by atoms with Crippen molar-refractivity contribution in [3.05, 3.63) is 29.8 Å². The zero-order valence-corrected chi connectivity index (χ0v) is 13.8. The molecule has 5 rings (SSSR count). The molecule has 0 unspecified atom stereocenters. The van der Waals surface area contributed by atoms with E-state index in [-0.39, 0.29) is 24.6 Å². The van der Waals surface area contributed by atoms with E-state index in [4.69, 9.17) is 9.31 Å². The summed E-state index contributed by atoms with van der Waals surface area (Å²) in [4.78, 5) is 11.4. The lowest BCUT2D eigenvalue weighted by Crippen LogP contribution is -2.65. The summed E-state index contributed by atoms with van der Waals surface area (Å²) in [6.45, 7) is 8.54. The number of hydrogen-bond donors (Lipinski definition) is 0. The lowest BCUT2D eigenvalue weighted by molar-refractivity contribution is -0.199. The largest absolute Gasteiger partial charge is 0.494 e. The fourth-order valence-electron chi connectivity index (χ4n) is 4.88. The van der Waals surface area contributed by atoms with Crippen LogP contribution in [0.1, 0.15) is 50.9 Å². The first-order valence-corrected chi connectivity index (χ1v) is 8.26. The van der Waals surface area contributed by atoms with Crippen molar-refractivity contribution in [1.29, 1.82) is 0 Å². The zero-order chi connectivity index (χ0) is 15.7. The zero-order valence-electron chi connectivity index (χ0n) is 13.8. The van der Waals surface area contributed by atoms with Gasteiger partial charge in [0, 0.05) is 5.56 Å². The van der Waals surface area contributed by atoms with Crippen molar-refractivity contribution in [2.24, 2.45) is 17.3 Å². The van der Waals surface area contributed by atoms with Crippen molar-refractivity contribution in [2.75, 3.05) is 0 Å². The van der Waals surface area contributed by atoms with Gasteiger partial charge in [0.25, 0.3) is 0 Å². The number of carbonyl (C=O) groups excluding carboxylic acids is 1. The molecular formula is C18H23BO3. The predicted octanol–water partition coefficient (Wildman–Crippen LogP) is 2.82. The van der Waals surface area contributed by atoms with E-state index in [1.807, 2.05) is 24.3 Å². The van der Waals surface area contributed by atoms with Crippen LogP contribution < -0.4 is 5.46 Å². The van der Waals surface area contributed by atoms with Crippen LogP contribution in [0.5, 0.6) is 0 Å². The van der Waals surface area contributed by atoms with Crippen molar-refractivity contribution in [3.8, 4) is 0 Å². The Balaban J connectivity index is 1.58. The maximum atomic E-state index is 11.4. The fourth-order valence-corrected chi connectivity index (χ4v) is 4.88. The summed E-state index contributed by atoms with van der Waals surface area (Å²) in [5.74, 6) is 1.42. The summed E-state index contributed by atoms with van der Waals surface area (Å²) >= 11 is 0. The first-order valence-electron chi connectivity index (χ1n) is 8.26. The molecule has 0 radical (unpaired) electrons. The normalized spacial score (nSPS) is 38.4. The SMILES string of the molecule is CC(=O)c1ccc(B2O[C@@H]3C[C@@H]4C[C@@H](C4(C)C)[C@]3(C)O2)cc1. The van der Waals surface area contributed by atoms with E-state index in [0.717, 1.165) is 23.4 Å². The average Bonchev–Trinajstić information content (AvgIpc) is 2.84. The van der Waals surface area contributed by atoms with Crippen molar-refractivity contribution >= 4 is 18.4 Å². The van der Waals surface area contributed by atoms with Gasteiger partial charge in [0.05, 0.1) is 11.7 Å². The standard InChI is InChI=1S/C18H23BO3/c1-11(20)12-5-7-14(8-6-12)19-21-16-10-13-9-15(17(13,2)3)18(16,4)22-19/h5-8,13,15-16H,9-10H2,1-4H3/t13-,15-,16+,18-/m0/s1. The third-order valence-corrected chi connectivity index (χ3v) is 6.54. The topological polar surface area (TPSA) is 35.5 Å². The Kier molecular flexibility index (Phi) is 2.93. The average molecular weight is 298 g/mol. The lowest BCUT2D eigenvalue weighted by Gasteiger charge is -2.64. The Labute approximate surface area is 132 Å². The number of carbonyl (C=O) groups is 1. The van der Waals surface area contributed by atoms with E-state index in [0.29, 0.717) is 11.3 Å². The lowest BCUT2D eigenvalue weighted by atomic mass is 9.43. The first-order chi connectivity index (χ1) is 10.3. The van der Waals surface area contributed by atoms with Gasteiger partial charge in [0.1, 0.15) is 0 Å². The molecular weight excluding hydrogens is 275 g/mol. The van der Waals surface area contributed by atoms with Gasteiger partial charge in [-0.05, 0) is 49.4 Å². The smallest absolute Gasteiger partial charge is 0.402 e. The molecule has 1 heterocycles. The Morgan fingerprint density at radius 1 is 1.18 bits per heavy atom. The molecule has 3 aliphatic carbocycles.